The molecule has 0 aliphatic carbocycles. The van der Waals surface area contributed by atoms with Gasteiger partial charge in [-0.3, -0.25) is 4.79 Å². The Hall–Kier alpha value is -1.36. The molecular formula is C19H31NO3S. The molecule has 0 saturated heterocycles. The molecule has 4 nitrogen and oxygen atoms in total. The Balaban J connectivity index is 2.54. The van der Waals surface area contributed by atoms with Gasteiger partial charge < -0.3 is 5.32 Å². The zero-order chi connectivity index (χ0) is 18.3. The Labute approximate surface area is 147 Å². The van der Waals surface area contributed by atoms with Crippen molar-refractivity contribution in [1.29, 1.82) is 0 Å². The van der Waals surface area contributed by atoms with Crippen LogP contribution in [-0.4, -0.2) is 26.1 Å². The Kier molecular flexibility index (Phi) is 7.94. The van der Waals surface area contributed by atoms with Gasteiger partial charge in [-0.05, 0) is 44.2 Å². The number of benzene rings is 1. The van der Waals surface area contributed by atoms with E-state index in [2.05, 4.69) is 19.2 Å². The SMILES string of the molecule is Cc1ccc(C)c(CS(=O)(=O)CC(=O)N[C@H](C)CCCC(C)C)c1. The minimum Gasteiger partial charge on any atom is -0.353 e. The monoisotopic (exact) mass is 353 g/mol. The lowest BCUT2D eigenvalue weighted by molar-refractivity contribution is -0.119. The summed E-state index contributed by atoms with van der Waals surface area (Å²) in [4.78, 5) is 12.0. The molecule has 0 radical (unpaired) electrons. The molecule has 0 spiro atoms. The predicted molar refractivity (Wildman–Crippen MR) is 99.7 cm³/mol. The van der Waals surface area contributed by atoms with Crippen LogP contribution in [0.4, 0.5) is 0 Å². The first kappa shape index (κ1) is 20.7. The van der Waals surface area contributed by atoms with E-state index in [9.17, 15) is 13.2 Å². The van der Waals surface area contributed by atoms with Crippen molar-refractivity contribution in [2.24, 2.45) is 5.92 Å². The fraction of sp³-hybridized carbons (Fsp3) is 0.632. The highest BCUT2D eigenvalue weighted by Crippen LogP contribution is 2.14. The fourth-order valence-electron chi connectivity index (χ4n) is 2.66. The minimum atomic E-state index is -3.46. The van der Waals surface area contributed by atoms with Crippen molar-refractivity contribution in [2.75, 3.05) is 5.75 Å². The maximum absolute atomic E-state index is 12.3. The van der Waals surface area contributed by atoms with Crippen LogP contribution in [0.15, 0.2) is 18.2 Å². The number of carbonyl (C=O) groups is 1. The molecule has 1 amide bonds. The second kappa shape index (κ2) is 9.21. The first-order chi connectivity index (χ1) is 11.1. The number of sulfone groups is 1. The number of hydrogen-bond donors (Lipinski definition) is 1. The maximum Gasteiger partial charge on any atom is 0.235 e. The summed E-state index contributed by atoms with van der Waals surface area (Å²) < 4.78 is 24.6. The van der Waals surface area contributed by atoms with Crippen LogP contribution in [0, 0.1) is 19.8 Å². The number of hydrogen-bond acceptors (Lipinski definition) is 3. The summed E-state index contributed by atoms with van der Waals surface area (Å²) in [6.07, 6.45) is 3.03. The highest BCUT2D eigenvalue weighted by atomic mass is 32.2. The van der Waals surface area contributed by atoms with Crippen molar-refractivity contribution in [2.45, 2.75) is 65.7 Å². The average Bonchev–Trinajstić information content (AvgIpc) is 2.41. The molecule has 1 N–H and O–H groups in total. The van der Waals surface area contributed by atoms with Gasteiger partial charge in [-0.25, -0.2) is 8.42 Å². The lowest BCUT2D eigenvalue weighted by Gasteiger charge is -2.15. The highest BCUT2D eigenvalue weighted by molar-refractivity contribution is 7.91. The Morgan fingerprint density at radius 2 is 1.79 bits per heavy atom. The second-order valence-corrected chi connectivity index (χ2v) is 9.32. The molecule has 0 heterocycles. The van der Waals surface area contributed by atoms with Gasteiger partial charge >= 0.3 is 0 Å². The summed E-state index contributed by atoms with van der Waals surface area (Å²) in [7, 11) is -3.46. The third-order valence-corrected chi connectivity index (χ3v) is 5.51. The van der Waals surface area contributed by atoms with Gasteiger partial charge in [0.25, 0.3) is 0 Å². The molecular weight excluding hydrogens is 322 g/mol. The third kappa shape index (κ3) is 7.95. The van der Waals surface area contributed by atoms with Gasteiger partial charge in [0, 0.05) is 6.04 Å². The molecule has 1 rings (SSSR count). The fourth-order valence-corrected chi connectivity index (χ4v) is 4.03. The first-order valence-electron chi connectivity index (χ1n) is 8.65. The van der Waals surface area contributed by atoms with Crippen LogP contribution in [0.5, 0.6) is 0 Å². The molecule has 1 atom stereocenters. The summed E-state index contributed by atoms with van der Waals surface area (Å²) in [5.74, 6) is -0.298. The lowest BCUT2D eigenvalue weighted by atomic mass is 10.0. The largest absolute Gasteiger partial charge is 0.353 e. The van der Waals surface area contributed by atoms with E-state index in [1.807, 2.05) is 39.0 Å². The van der Waals surface area contributed by atoms with Gasteiger partial charge in [-0.15, -0.1) is 0 Å². The predicted octanol–water partition coefficient (Wildman–Crippen LogP) is 3.55. The van der Waals surface area contributed by atoms with Crippen LogP contribution in [0.25, 0.3) is 0 Å². The summed E-state index contributed by atoms with van der Waals surface area (Å²) in [6.45, 7) is 10.1. The Morgan fingerprint density at radius 3 is 2.42 bits per heavy atom. The molecule has 1 aromatic rings. The van der Waals surface area contributed by atoms with Crippen LogP contribution in [0.3, 0.4) is 0 Å². The maximum atomic E-state index is 12.3. The summed E-state index contributed by atoms with van der Waals surface area (Å²) in [5.41, 5.74) is 2.73. The summed E-state index contributed by atoms with van der Waals surface area (Å²) in [6, 6.07) is 5.75. The number of aryl methyl sites for hydroxylation is 2. The third-order valence-electron chi connectivity index (χ3n) is 4.06. The van der Waals surface area contributed by atoms with Crippen LogP contribution in [0.1, 0.15) is 56.7 Å². The number of nitrogens with one attached hydrogen (secondary N) is 1. The molecule has 0 aliphatic rings. The van der Waals surface area contributed by atoms with Crippen LogP contribution < -0.4 is 5.32 Å². The van der Waals surface area contributed by atoms with Crippen molar-refractivity contribution in [1.82, 2.24) is 5.32 Å². The Bertz CT molecular complexity index is 651. The van der Waals surface area contributed by atoms with E-state index in [1.54, 1.807) is 0 Å². The molecule has 136 valence electrons. The van der Waals surface area contributed by atoms with E-state index in [-0.39, 0.29) is 11.8 Å². The van der Waals surface area contributed by atoms with E-state index < -0.39 is 21.5 Å². The number of rotatable bonds is 9. The van der Waals surface area contributed by atoms with Crippen molar-refractivity contribution in [3.8, 4) is 0 Å². The molecule has 24 heavy (non-hydrogen) atoms. The van der Waals surface area contributed by atoms with Gasteiger partial charge in [0.05, 0.1) is 5.75 Å². The zero-order valence-corrected chi connectivity index (χ0v) is 16.4. The van der Waals surface area contributed by atoms with Gasteiger partial charge in [0.1, 0.15) is 5.75 Å². The molecule has 0 unspecified atom stereocenters. The van der Waals surface area contributed by atoms with Crippen molar-refractivity contribution >= 4 is 15.7 Å². The number of amides is 1. The molecule has 0 aliphatic heterocycles. The van der Waals surface area contributed by atoms with E-state index in [1.165, 1.54) is 0 Å². The van der Waals surface area contributed by atoms with Crippen molar-refractivity contribution in [3.63, 3.8) is 0 Å². The van der Waals surface area contributed by atoms with E-state index in [0.717, 1.165) is 36.0 Å². The van der Waals surface area contributed by atoms with E-state index in [4.69, 9.17) is 0 Å². The summed E-state index contributed by atoms with van der Waals surface area (Å²) >= 11 is 0. The quantitative estimate of drug-likeness (QED) is 0.738. The average molecular weight is 354 g/mol. The molecule has 1 aromatic carbocycles. The van der Waals surface area contributed by atoms with Gasteiger partial charge in [0.15, 0.2) is 9.84 Å². The van der Waals surface area contributed by atoms with Gasteiger partial charge in [-0.1, -0.05) is 50.5 Å². The second-order valence-electron chi connectivity index (χ2n) is 7.26. The smallest absolute Gasteiger partial charge is 0.235 e. The molecule has 0 saturated carbocycles. The Morgan fingerprint density at radius 1 is 1.12 bits per heavy atom. The standard InChI is InChI=1S/C19H31NO3S/c1-14(2)7-6-8-17(5)20-19(21)13-24(22,23)12-18-11-15(3)9-10-16(18)4/h9-11,14,17H,6-8,12-13H2,1-5H3,(H,20,21)/t17-/m1/s1. The minimum absolute atomic E-state index is 0.00663. The lowest BCUT2D eigenvalue weighted by Crippen LogP contribution is -2.37. The highest BCUT2D eigenvalue weighted by Gasteiger charge is 2.19. The summed E-state index contributed by atoms with van der Waals surface area (Å²) in [5, 5.41) is 2.80. The normalized spacial score (nSPS) is 13.1. The topological polar surface area (TPSA) is 63.2 Å². The molecule has 0 aromatic heterocycles. The van der Waals surface area contributed by atoms with Crippen LogP contribution >= 0.6 is 0 Å². The van der Waals surface area contributed by atoms with Crippen molar-refractivity contribution in [3.05, 3.63) is 34.9 Å². The van der Waals surface area contributed by atoms with Crippen LogP contribution in [0.2, 0.25) is 0 Å². The first-order valence-corrected chi connectivity index (χ1v) is 10.5. The van der Waals surface area contributed by atoms with Crippen molar-refractivity contribution < 1.29 is 13.2 Å². The number of carbonyl (C=O) groups excluding carboxylic acids is 1. The zero-order valence-electron chi connectivity index (χ0n) is 15.6. The molecule has 0 fully saturated rings. The van der Waals surface area contributed by atoms with E-state index in [0.29, 0.717) is 5.92 Å². The van der Waals surface area contributed by atoms with Crippen LogP contribution in [-0.2, 0) is 20.4 Å². The van der Waals surface area contributed by atoms with Gasteiger partial charge in [0.2, 0.25) is 5.91 Å². The molecule has 5 heteroatoms. The molecule has 0 bridgehead atoms. The van der Waals surface area contributed by atoms with Gasteiger partial charge in [-0.2, -0.15) is 0 Å². The van der Waals surface area contributed by atoms with E-state index >= 15 is 0 Å².